The maximum atomic E-state index is 13.8. The van der Waals surface area contributed by atoms with Gasteiger partial charge in [-0.25, -0.2) is 13.4 Å². The second-order valence-corrected chi connectivity index (χ2v) is 10.8. The first-order valence-corrected chi connectivity index (χ1v) is 13.6. The molecule has 0 unspecified atom stereocenters. The van der Waals surface area contributed by atoms with Gasteiger partial charge in [-0.2, -0.15) is 0 Å². The van der Waals surface area contributed by atoms with Crippen molar-refractivity contribution in [1.29, 1.82) is 0 Å². The number of aromatic nitrogens is 1. The van der Waals surface area contributed by atoms with Gasteiger partial charge >= 0.3 is 0 Å². The Bertz CT molecular complexity index is 1590. The maximum Gasteiger partial charge on any atom is 0.260 e. The van der Waals surface area contributed by atoms with Gasteiger partial charge in [0.05, 0.1) is 35.9 Å². The number of rotatable bonds is 7. The number of hydrogen-bond donors (Lipinski definition) is 1. The highest BCUT2D eigenvalue weighted by atomic mass is 35.5. The number of ether oxygens (including phenoxy) is 2. The lowest BCUT2D eigenvalue weighted by Crippen LogP contribution is -2.39. The van der Waals surface area contributed by atoms with Gasteiger partial charge in [0, 0.05) is 17.0 Å². The summed E-state index contributed by atoms with van der Waals surface area (Å²) in [6.07, 6.45) is 1.84. The van der Waals surface area contributed by atoms with E-state index in [-0.39, 0.29) is 10.0 Å². The molecule has 5 rings (SSSR count). The molecule has 0 radical (unpaired) electrons. The number of benzene rings is 3. The molecule has 190 valence electrons. The fourth-order valence-electron chi connectivity index (χ4n) is 4.24. The smallest absolute Gasteiger partial charge is 0.260 e. The fraction of sp³-hybridized carbons (Fsp3) is 0.179. The van der Waals surface area contributed by atoms with Gasteiger partial charge in [-0.05, 0) is 80.1 Å². The van der Waals surface area contributed by atoms with Crippen molar-refractivity contribution < 1.29 is 17.9 Å². The van der Waals surface area contributed by atoms with Crippen LogP contribution in [-0.4, -0.2) is 31.5 Å². The zero-order valence-corrected chi connectivity index (χ0v) is 22.2. The molecule has 0 spiro atoms. The summed E-state index contributed by atoms with van der Waals surface area (Å²) in [5.41, 5.74) is 6.73. The summed E-state index contributed by atoms with van der Waals surface area (Å²) in [4.78, 5) is 4.75. The lowest BCUT2D eigenvalue weighted by molar-refractivity contribution is 0.340. The molecule has 3 aromatic carbocycles. The minimum absolute atomic E-state index is 0.172. The molecular formula is C28H26ClN3O4S. The van der Waals surface area contributed by atoms with Crippen LogP contribution in [0.25, 0.3) is 16.6 Å². The Hall–Kier alpha value is -3.59. The van der Waals surface area contributed by atoms with Crippen molar-refractivity contribution >= 4 is 38.2 Å². The number of sulfonamides is 1. The molecule has 2 heterocycles. The topological polar surface area (TPSA) is 80.8 Å². The fourth-order valence-corrected chi connectivity index (χ4v) is 5.89. The predicted octanol–water partition coefficient (Wildman–Crippen LogP) is 5.90. The summed E-state index contributed by atoms with van der Waals surface area (Å²) in [5.74, 6) is 1.40. The van der Waals surface area contributed by atoms with Gasteiger partial charge in [0.1, 0.15) is 16.7 Å². The molecule has 1 N–H and O–H groups in total. The lowest BCUT2D eigenvalue weighted by atomic mass is 10.0. The average Bonchev–Trinajstić information content (AvgIpc) is 3.35. The molecule has 0 fully saturated rings. The van der Waals surface area contributed by atoms with Crippen molar-refractivity contribution in [1.82, 2.24) is 14.8 Å². The Morgan fingerprint density at radius 2 is 1.70 bits per heavy atom. The molecule has 1 aromatic heterocycles. The largest absolute Gasteiger partial charge is 0.497 e. The number of halogens is 1. The van der Waals surface area contributed by atoms with E-state index >= 15 is 0 Å². The zero-order chi connectivity index (χ0) is 26.2. The summed E-state index contributed by atoms with van der Waals surface area (Å²) in [7, 11) is -2.35. The Balaban J connectivity index is 1.62. The van der Waals surface area contributed by atoms with E-state index in [0.717, 1.165) is 16.5 Å². The normalized spacial score (nSPS) is 15.9. The minimum atomic E-state index is -3.95. The number of nitrogens with one attached hydrogen (secondary N) is 1. The van der Waals surface area contributed by atoms with Crippen molar-refractivity contribution in [2.45, 2.75) is 24.8 Å². The number of aryl methyl sites for hydroxylation is 1. The van der Waals surface area contributed by atoms with Crippen LogP contribution in [0.1, 0.15) is 29.7 Å². The molecule has 0 saturated carbocycles. The van der Waals surface area contributed by atoms with E-state index in [1.807, 2.05) is 68.5 Å². The monoisotopic (exact) mass is 535 g/mol. The van der Waals surface area contributed by atoms with Crippen LogP contribution in [0.3, 0.4) is 0 Å². The van der Waals surface area contributed by atoms with Gasteiger partial charge in [-0.1, -0.05) is 29.3 Å². The van der Waals surface area contributed by atoms with E-state index in [4.69, 9.17) is 21.1 Å². The summed E-state index contributed by atoms with van der Waals surface area (Å²) in [5, 5.41) is 1.03. The standard InChI is InChI=1S/C28H26ClN3O4S/c1-4-36-22-12-9-20-15-24(28(29)30-25(20)16-22)27-17-26(19-7-10-21(35-3)11-8-19)31-32(27)37(33,34)23-13-5-18(2)6-14-23/h5-17,27,31H,4H2,1-3H3/t27-/m1/s1. The third-order valence-corrected chi connectivity index (χ3v) is 8.19. The maximum absolute atomic E-state index is 13.8. The van der Waals surface area contributed by atoms with E-state index in [0.29, 0.717) is 34.9 Å². The summed E-state index contributed by atoms with van der Waals surface area (Å²) in [6.45, 7) is 4.36. The molecule has 9 heteroatoms. The van der Waals surface area contributed by atoms with Crippen LogP contribution in [0.4, 0.5) is 0 Å². The van der Waals surface area contributed by atoms with Gasteiger partial charge in [0.2, 0.25) is 0 Å². The molecule has 0 bridgehead atoms. The summed E-state index contributed by atoms with van der Waals surface area (Å²) in [6, 6.07) is 20.8. The van der Waals surface area contributed by atoms with Gasteiger partial charge in [0.25, 0.3) is 10.0 Å². The molecular weight excluding hydrogens is 510 g/mol. The summed E-state index contributed by atoms with van der Waals surface area (Å²) < 4.78 is 39.7. The number of fused-ring (bicyclic) bond motifs is 1. The third kappa shape index (κ3) is 4.87. The van der Waals surface area contributed by atoms with Crippen molar-refractivity contribution in [2.75, 3.05) is 13.7 Å². The molecule has 0 aliphatic carbocycles. The Kier molecular flexibility index (Phi) is 6.81. The second kappa shape index (κ2) is 10.0. The van der Waals surface area contributed by atoms with Crippen molar-refractivity contribution in [3.05, 3.63) is 101 Å². The second-order valence-electron chi connectivity index (χ2n) is 8.64. The molecule has 1 aliphatic heterocycles. The van der Waals surface area contributed by atoms with Crippen molar-refractivity contribution in [3.63, 3.8) is 0 Å². The van der Waals surface area contributed by atoms with Gasteiger partial charge in [-0.15, -0.1) is 4.41 Å². The van der Waals surface area contributed by atoms with Gasteiger partial charge in [-0.3, -0.25) is 0 Å². The van der Waals surface area contributed by atoms with E-state index in [9.17, 15) is 8.42 Å². The van der Waals surface area contributed by atoms with Crippen LogP contribution in [0.5, 0.6) is 11.5 Å². The molecule has 37 heavy (non-hydrogen) atoms. The first-order valence-electron chi connectivity index (χ1n) is 11.8. The highest BCUT2D eigenvalue weighted by molar-refractivity contribution is 7.89. The number of hydrogen-bond acceptors (Lipinski definition) is 6. The Morgan fingerprint density at radius 3 is 2.38 bits per heavy atom. The van der Waals surface area contributed by atoms with Crippen LogP contribution in [0.15, 0.2) is 83.8 Å². The quantitative estimate of drug-likeness (QED) is 0.297. The van der Waals surface area contributed by atoms with Crippen LogP contribution in [0.2, 0.25) is 5.15 Å². The van der Waals surface area contributed by atoms with E-state index in [1.165, 1.54) is 4.41 Å². The van der Waals surface area contributed by atoms with Crippen LogP contribution in [-0.2, 0) is 10.0 Å². The number of pyridine rings is 1. The zero-order valence-electron chi connectivity index (χ0n) is 20.6. The van der Waals surface area contributed by atoms with Crippen molar-refractivity contribution in [2.24, 2.45) is 0 Å². The summed E-state index contributed by atoms with van der Waals surface area (Å²) >= 11 is 6.68. The minimum Gasteiger partial charge on any atom is -0.497 e. The molecule has 0 saturated heterocycles. The molecule has 0 amide bonds. The van der Waals surface area contributed by atoms with Crippen LogP contribution in [0, 0.1) is 6.92 Å². The Labute approximate surface area is 221 Å². The third-order valence-electron chi connectivity index (χ3n) is 6.19. The van der Waals surface area contributed by atoms with Gasteiger partial charge in [0.15, 0.2) is 0 Å². The van der Waals surface area contributed by atoms with Crippen LogP contribution >= 0.6 is 11.6 Å². The highest BCUT2D eigenvalue weighted by Crippen LogP contribution is 2.39. The first kappa shape index (κ1) is 25.1. The van der Waals surface area contributed by atoms with Crippen molar-refractivity contribution in [3.8, 4) is 11.5 Å². The number of hydrazine groups is 1. The van der Waals surface area contributed by atoms with E-state index < -0.39 is 16.1 Å². The SMILES string of the molecule is CCOc1ccc2cc([C@H]3C=C(c4ccc(OC)cc4)NN3S(=O)(=O)c3ccc(C)cc3)c(Cl)nc2c1. The van der Waals surface area contributed by atoms with E-state index in [2.05, 4.69) is 10.4 Å². The predicted molar refractivity (Wildman–Crippen MR) is 145 cm³/mol. The number of nitrogens with zero attached hydrogens (tertiary/aromatic N) is 2. The molecule has 1 atom stereocenters. The van der Waals surface area contributed by atoms with Crippen LogP contribution < -0.4 is 14.9 Å². The van der Waals surface area contributed by atoms with Gasteiger partial charge < -0.3 is 14.9 Å². The van der Waals surface area contributed by atoms with E-state index in [1.54, 1.807) is 31.4 Å². The molecule has 1 aliphatic rings. The molecule has 4 aromatic rings. The molecule has 7 nitrogen and oxygen atoms in total. The average molecular weight is 536 g/mol. The first-order chi connectivity index (χ1) is 17.8. The highest BCUT2D eigenvalue weighted by Gasteiger charge is 2.38. The number of methoxy groups -OCH3 is 1. The Morgan fingerprint density at radius 1 is 1.00 bits per heavy atom. The lowest BCUT2D eigenvalue weighted by Gasteiger charge is -2.25.